The van der Waals surface area contributed by atoms with Crippen molar-refractivity contribution < 1.29 is 9.84 Å². The zero-order chi connectivity index (χ0) is 15.6. The summed E-state index contributed by atoms with van der Waals surface area (Å²) in [6, 6.07) is 6.90. The van der Waals surface area contributed by atoms with Gasteiger partial charge in [0.2, 0.25) is 0 Å². The lowest BCUT2D eigenvalue weighted by molar-refractivity contribution is 0.288. The summed E-state index contributed by atoms with van der Waals surface area (Å²) in [7, 11) is 0. The molecular weight excluding hydrogens is 272 g/mol. The summed E-state index contributed by atoms with van der Waals surface area (Å²) < 4.78 is 5.64. The zero-order valence-electron chi connectivity index (χ0n) is 13.8. The van der Waals surface area contributed by atoms with Crippen molar-refractivity contribution in [3.63, 3.8) is 0 Å². The third-order valence-corrected chi connectivity index (χ3v) is 4.70. The lowest BCUT2D eigenvalue weighted by Crippen LogP contribution is -2.13. The lowest BCUT2D eigenvalue weighted by atomic mass is 9.79. The minimum atomic E-state index is 0.276. The number of aromatic hydroxyl groups is 1. The van der Waals surface area contributed by atoms with Gasteiger partial charge in [0.15, 0.2) is 0 Å². The molecule has 0 radical (unpaired) electrons. The van der Waals surface area contributed by atoms with Crippen LogP contribution in [0.25, 0.3) is 0 Å². The molecule has 1 aromatic rings. The molecule has 0 spiro atoms. The number of allylic oxidation sites excluding steroid dienone is 1. The van der Waals surface area contributed by atoms with E-state index in [2.05, 4.69) is 19.1 Å². The molecule has 0 heterocycles. The molecule has 1 aliphatic rings. The Hall–Kier alpha value is -1.44. The minimum absolute atomic E-state index is 0.276. The highest BCUT2D eigenvalue weighted by Crippen LogP contribution is 2.32. The van der Waals surface area contributed by atoms with Crippen LogP contribution in [-0.4, -0.2) is 11.7 Å². The van der Waals surface area contributed by atoms with Crippen LogP contribution in [-0.2, 0) is 0 Å². The first kappa shape index (κ1) is 16.9. The van der Waals surface area contributed by atoms with E-state index in [-0.39, 0.29) is 5.75 Å². The average Bonchev–Trinajstić information content (AvgIpc) is 2.55. The maximum atomic E-state index is 9.22. The second kappa shape index (κ2) is 9.55. The van der Waals surface area contributed by atoms with E-state index in [0.29, 0.717) is 6.61 Å². The maximum Gasteiger partial charge on any atom is 0.120 e. The predicted octanol–water partition coefficient (Wildman–Crippen LogP) is 5.71. The summed E-state index contributed by atoms with van der Waals surface area (Å²) in [4.78, 5) is 0. The fraction of sp³-hybridized carbons (Fsp3) is 0.600. The Morgan fingerprint density at radius 1 is 1.09 bits per heavy atom. The van der Waals surface area contributed by atoms with Gasteiger partial charge < -0.3 is 9.84 Å². The van der Waals surface area contributed by atoms with Gasteiger partial charge in [-0.25, -0.2) is 0 Å². The van der Waals surface area contributed by atoms with Gasteiger partial charge in [-0.15, -0.1) is 0 Å². The van der Waals surface area contributed by atoms with Crippen LogP contribution in [0.2, 0.25) is 0 Å². The molecule has 122 valence electrons. The molecular formula is C20H30O2. The molecule has 1 aromatic carbocycles. The van der Waals surface area contributed by atoms with Gasteiger partial charge in [-0.05, 0) is 61.8 Å². The van der Waals surface area contributed by atoms with Gasteiger partial charge in [0.1, 0.15) is 18.1 Å². The first-order chi connectivity index (χ1) is 10.8. The monoisotopic (exact) mass is 302 g/mol. The normalized spacial score (nSPS) is 22.0. The Balaban J connectivity index is 1.60. The topological polar surface area (TPSA) is 29.5 Å². The van der Waals surface area contributed by atoms with Gasteiger partial charge in [0, 0.05) is 0 Å². The number of hydrogen-bond donors (Lipinski definition) is 1. The highest BCUT2D eigenvalue weighted by Gasteiger charge is 2.18. The smallest absolute Gasteiger partial charge is 0.120 e. The summed E-state index contributed by atoms with van der Waals surface area (Å²) in [5.41, 5.74) is 0. The molecule has 1 saturated carbocycles. The molecule has 0 bridgehead atoms. The molecule has 0 unspecified atom stereocenters. The summed E-state index contributed by atoms with van der Waals surface area (Å²) in [5.74, 6) is 2.80. The Kier molecular flexibility index (Phi) is 7.35. The van der Waals surface area contributed by atoms with E-state index in [1.807, 2.05) is 0 Å². The number of phenols is 1. The van der Waals surface area contributed by atoms with E-state index in [1.165, 1.54) is 51.4 Å². The first-order valence-corrected chi connectivity index (χ1v) is 8.86. The zero-order valence-corrected chi connectivity index (χ0v) is 13.8. The Morgan fingerprint density at radius 2 is 1.82 bits per heavy atom. The fourth-order valence-electron chi connectivity index (χ4n) is 3.29. The third-order valence-electron chi connectivity index (χ3n) is 4.70. The van der Waals surface area contributed by atoms with E-state index in [0.717, 1.165) is 17.6 Å². The average molecular weight is 302 g/mol. The largest absolute Gasteiger partial charge is 0.508 e. The van der Waals surface area contributed by atoms with Crippen LogP contribution in [0.4, 0.5) is 0 Å². The molecule has 1 fully saturated rings. The summed E-state index contributed by atoms with van der Waals surface area (Å²) in [5, 5.41) is 9.22. The molecule has 0 amide bonds. The van der Waals surface area contributed by atoms with Gasteiger partial charge >= 0.3 is 0 Å². The third kappa shape index (κ3) is 6.13. The van der Waals surface area contributed by atoms with Crippen molar-refractivity contribution in [1.29, 1.82) is 0 Å². The summed E-state index contributed by atoms with van der Waals surface area (Å²) in [6.07, 6.45) is 15.6. The van der Waals surface area contributed by atoms with Crippen LogP contribution in [0.3, 0.4) is 0 Å². The van der Waals surface area contributed by atoms with Crippen LogP contribution in [0.5, 0.6) is 11.5 Å². The maximum absolute atomic E-state index is 9.22. The van der Waals surface area contributed by atoms with E-state index in [9.17, 15) is 5.11 Å². The van der Waals surface area contributed by atoms with Gasteiger partial charge in [-0.3, -0.25) is 0 Å². The van der Waals surface area contributed by atoms with E-state index < -0.39 is 0 Å². The predicted molar refractivity (Wildman–Crippen MR) is 92.3 cm³/mol. The molecule has 2 nitrogen and oxygen atoms in total. The van der Waals surface area contributed by atoms with E-state index >= 15 is 0 Å². The van der Waals surface area contributed by atoms with Crippen molar-refractivity contribution in [2.75, 3.05) is 6.61 Å². The molecule has 2 rings (SSSR count). The SMILES string of the molecule is CCCCC[C@H]1CC[C@H](/C=C/COc2ccc(O)cc2)CC1. The highest BCUT2D eigenvalue weighted by molar-refractivity contribution is 5.30. The van der Waals surface area contributed by atoms with Crippen molar-refractivity contribution in [3.8, 4) is 11.5 Å². The molecule has 22 heavy (non-hydrogen) atoms. The number of hydrogen-bond acceptors (Lipinski definition) is 2. The lowest BCUT2D eigenvalue weighted by Gasteiger charge is -2.26. The Morgan fingerprint density at radius 3 is 2.50 bits per heavy atom. The van der Waals surface area contributed by atoms with Crippen LogP contribution in [0.1, 0.15) is 58.3 Å². The van der Waals surface area contributed by atoms with E-state index in [4.69, 9.17) is 4.74 Å². The quantitative estimate of drug-likeness (QED) is 0.492. The van der Waals surface area contributed by atoms with Crippen LogP contribution < -0.4 is 4.74 Å². The molecule has 0 atom stereocenters. The van der Waals surface area contributed by atoms with Crippen molar-refractivity contribution in [3.05, 3.63) is 36.4 Å². The molecule has 2 heteroatoms. The number of phenolic OH excluding ortho intramolecular Hbond substituents is 1. The van der Waals surface area contributed by atoms with Gasteiger partial charge in [-0.2, -0.15) is 0 Å². The molecule has 0 aromatic heterocycles. The fourth-order valence-corrected chi connectivity index (χ4v) is 3.29. The molecule has 0 aliphatic heterocycles. The first-order valence-electron chi connectivity index (χ1n) is 8.86. The van der Waals surface area contributed by atoms with Gasteiger partial charge in [0.25, 0.3) is 0 Å². The number of rotatable bonds is 8. The number of benzene rings is 1. The van der Waals surface area contributed by atoms with Crippen LogP contribution >= 0.6 is 0 Å². The molecule has 1 aliphatic carbocycles. The Labute approximate surface area is 135 Å². The number of ether oxygens (including phenoxy) is 1. The van der Waals surface area contributed by atoms with Crippen molar-refractivity contribution in [2.24, 2.45) is 11.8 Å². The standard InChI is InChI=1S/C20H30O2/c1-2-3-4-6-17-8-10-18(11-9-17)7-5-16-22-20-14-12-19(21)13-15-20/h5,7,12-15,17-18,21H,2-4,6,8-11,16H2,1H3/b7-5+/t17-,18-. The molecule has 1 N–H and O–H groups in total. The van der Waals surface area contributed by atoms with Gasteiger partial charge in [-0.1, -0.05) is 44.8 Å². The summed E-state index contributed by atoms with van der Waals surface area (Å²) in [6.45, 7) is 2.89. The van der Waals surface area contributed by atoms with Gasteiger partial charge in [0.05, 0.1) is 0 Å². The van der Waals surface area contributed by atoms with Crippen LogP contribution in [0, 0.1) is 11.8 Å². The van der Waals surface area contributed by atoms with Crippen LogP contribution in [0.15, 0.2) is 36.4 Å². The van der Waals surface area contributed by atoms with Crippen molar-refractivity contribution in [2.45, 2.75) is 58.3 Å². The number of unbranched alkanes of at least 4 members (excludes halogenated alkanes) is 2. The van der Waals surface area contributed by atoms with Crippen molar-refractivity contribution in [1.82, 2.24) is 0 Å². The summed E-state index contributed by atoms with van der Waals surface area (Å²) >= 11 is 0. The van der Waals surface area contributed by atoms with Crippen molar-refractivity contribution >= 4 is 0 Å². The second-order valence-corrected chi connectivity index (χ2v) is 6.51. The minimum Gasteiger partial charge on any atom is -0.508 e. The Bertz CT molecular complexity index is 428. The molecule has 0 saturated heterocycles. The second-order valence-electron chi connectivity index (χ2n) is 6.51. The highest BCUT2D eigenvalue weighted by atomic mass is 16.5. The van der Waals surface area contributed by atoms with E-state index in [1.54, 1.807) is 24.3 Å².